The molecule has 0 spiro atoms. The molecule has 0 radical (unpaired) electrons. The number of carboxylic acid groups (broad SMARTS) is 1. The van der Waals surface area contributed by atoms with Crippen LogP contribution in [-0.2, 0) is 14.3 Å². The fourth-order valence-electron chi connectivity index (χ4n) is 5.45. The molecule has 1 heterocycles. The molecule has 2 N–H and O–H groups in total. The van der Waals surface area contributed by atoms with Crippen molar-refractivity contribution in [3.05, 3.63) is 59.7 Å². The number of nitrogens with zero attached hydrogens (tertiary/aromatic N) is 1. The van der Waals surface area contributed by atoms with Crippen LogP contribution in [0.25, 0.3) is 11.1 Å². The van der Waals surface area contributed by atoms with Crippen molar-refractivity contribution in [1.29, 1.82) is 0 Å². The van der Waals surface area contributed by atoms with Gasteiger partial charge in [0.1, 0.15) is 12.1 Å². The topological polar surface area (TPSA) is 95.9 Å². The minimum atomic E-state index is -3.95. The number of halogens is 2. The lowest BCUT2D eigenvalue weighted by atomic mass is 9.98. The molecule has 3 aliphatic rings. The lowest BCUT2D eigenvalue weighted by molar-refractivity contribution is -0.169. The first-order chi connectivity index (χ1) is 16.3. The Kier molecular flexibility index (Phi) is 5.30. The van der Waals surface area contributed by atoms with Crippen LogP contribution in [0.2, 0.25) is 0 Å². The second-order valence-electron chi connectivity index (χ2n) is 9.11. The quantitative estimate of drug-likeness (QED) is 0.672. The molecule has 2 aromatic carbocycles. The summed E-state index contributed by atoms with van der Waals surface area (Å²) in [5, 5.41) is 11.5. The molecule has 2 unspecified atom stereocenters. The van der Waals surface area contributed by atoms with Gasteiger partial charge in [0, 0.05) is 12.5 Å². The van der Waals surface area contributed by atoms with Gasteiger partial charge in [-0.25, -0.2) is 9.59 Å². The van der Waals surface area contributed by atoms with Crippen LogP contribution in [0.4, 0.5) is 13.6 Å². The lowest BCUT2D eigenvalue weighted by Crippen LogP contribution is -2.58. The Bertz CT molecular complexity index is 1120. The van der Waals surface area contributed by atoms with E-state index >= 15 is 0 Å². The van der Waals surface area contributed by atoms with Gasteiger partial charge in [0.25, 0.3) is 5.91 Å². The van der Waals surface area contributed by atoms with Crippen LogP contribution in [0.3, 0.4) is 0 Å². The van der Waals surface area contributed by atoms with Gasteiger partial charge in [-0.05, 0) is 47.4 Å². The Balaban J connectivity index is 1.21. The number of nitrogens with one attached hydrogen (secondary N) is 1. The monoisotopic (exact) mass is 470 g/mol. The predicted molar refractivity (Wildman–Crippen MR) is 117 cm³/mol. The Morgan fingerprint density at radius 3 is 2.32 bits per heavy atom. The molecule has 2 aliphatic carbocycles. The molecule has 2 aromatic rings. The van der Waals surface area contributed by atoms with Gasteiger partial charge in [0.2, 0.25) is 0 Å². The summed E-state index contributed by atoms with van der Waals surface area (Å²) in [6.45, 7) is -1.35. The largest absolute Gasteiger partial charge is 0.479 e. The summed E-state index contributed by atoms with van der Waals surface area (Å²) in [4.78, 5) is 37.2. The van der Waals surface area contributed by atoms with Crippen LogP contribution in [0.5, 0.6) is 0 Å². The highest BCUT2D eigenvalue weighted by Crippen LogP contribution is 2.55. The van der Waals surface area contributed by atoms with Crippen molar-refractivity contribution < 1.29 is 33.0 Å². The number of alkyl carbamates (subject to hydrolysis) is 1. The summed E-state index contributed by atoms with van der Waals surface area (Å²) in [6.07, 6.45) is 0.190. The molecule has 0 bridgehead atoms. The molecular weight excluding hydrogens is 446 g/mol. The smallest absolute Gasteiger partial charge is 0.407 e. The van der Waals surface area contributed by atoms with Gasteiger partial charge in [0.05, 0.1) is 6.54 Å². The average molecular weight is 470 g/mol. The number of carboxylic acids is 1. The number of hydrogen-bond donors (Lipinski definition) is 2. The normalized spacial score (nSPS) is 22.9. The number of ether oxygens (including phenoxy) is 1. The van der Waals surface area contributed by atoms with Crippen LogP contribution in [0, 0.1) is 5.92 Å². The summed E-state index contributed by atoms with van der Waals surface area (Å²) in [5.41, 5.74) is 2.51. The minimum Gasteiger partial charge on any atom is -0.479 e. The van der Waals surface area contributed by atoms with E-state index in [0.717, 1.165) is 27.2 Å². The van der Waals surface area contributed by atoms with E-state index in [9.17, 15) is 28.3 Å². The second kappa shape index (κ2) is 8.07. The van der Waals surface area contributed by atoms with E-state index in [2.05, 4.69) is 0 Å². The van der Waals surface area contributed by atoms with E-state index in [4.69, 9.17) is 4.74 Å². The molecule has 2 amide bonds. The fourth-order valence-corrected chi connectivity index (χ4v) is 5.45. The summed E-state index contributed by atoms with van der Waals surface area (Å²) in [5.74, 6) is -7.30. The molecule has 7 nitrogen and oxygen atoms in total. The van der Waals surface area contributed by atoms with Crippen LogP contribution >= 0.6 is 0 Å². The van der Waals surface area contributed by atoms with Gasteiger partial charge in [-0.1, -0.05) is 48.5 Å². The van der Waals surface area contributed by atoms with Crippen molar-refractivity contribution >= 4 is 18.0 Å². The van der Waals surface area contributed by atoms with E-state index in [-0.39, 0.29) is 31.4 Å². The molecule has 1 saturated heterocycles. The Labute approximate surface area is 194 Å². The zero-order chi connectivity index (χ0) is 24.1. The van der Waals surface area contributed by atoms with Gasteiger partial charge < -0.3 is 20.1 Å². The maximum Gasteiger partial charge on any atom is 0.407 e. The molecular formula is C25H24F2N2O5. The molecule has 1 aliphatic heterocycles. The number of likely N-dealkylation sites (tertiary alicyclic amines) is 1. The zero-order valence-electron chi connectivity index (χ0n) is 18.3. The number of carbonyl (C=O) groups is 3. The van der Waals surface area contributed by atoms with Crippen molar-refractivity contribution in [2.45, 2.75) is 36.6 Å². The van der Waals surface area contributed by atoms with Crippen LogP contribution in [0.1, 0.15) is 36.3 Å². The van der Waals surface area contributed by atoms with Crippen molar-refractivity contribution in [2.24, 2.45) is 5.92 Å². The highest BCUT2D eigenvalue weighted by Gasteiger charge is 2.68. The Morgan fingerprint density at radius 1 is 1.09 bits per heavy atom. The average Bonchev–Trinajstić information content (AvgIpc) is 3.52. The first-order valence-corrected chi connectivity index (χ1v) is 11.3. The Morgan fingerprint density at radius 2 is 1.71 bits per heavy atom. The lowest BCUT2D eigenvalue weighted by Gasteiger charge is -2.35. The van der Waals surface area contributed by atoms with Crippen LogP contribution in [-0.4, -0.2) is 59.1 Å². The predicted octanol–water partition coefficient (Wildman–Crippen LogP) is 3.63. The van der Waals surface area contributed by atoms with Crippen molar-refractivity contribution in [3.63, 3.8) is 0 Å². The van der Waals surface area contributed by atoms with Crippen LogP contribution < -0.4 is 5.32 Å². The first kappa shape index (κ1) is 22.3. The molecule has 2 atom stereocenters. The third kappa shape index (κ3) is 3.50. The van der Waals surface area contributed by atoms with Gasteiger partial charge in [-0.15, -0.1) is 0 Å². The zero-order valence-corrected chi connectivity index (χ0v) is 18.3. The van der Waals surface area contributed by atoms with Gasteiger partial charge in [-0.2, -0.15) is 8.78 Å². The highest BCUT2D eigenvalue weighted by molar-refractivity contribution is 5.93. The van der Waals surface area contributed by atoms with Gasteiger partial charge in [-0.3, -0.25) is 4.79 Å². The van der Waals surface area contributed by atoms with Gasteiger partial charge in [0.15, 0.2) is 0 Å². The maximum atomic E-state index is 14.7. The van der Waals surface area contributed by atoms with Gasteiger partial charge >= 0.3 is 18.0 Å². The van der Waals surface area contributed by atoms with Crippen molar-refractivity contribution in [1.82, 2.24) is 10.2 Å². The molecule has 34 heavy (non-hydrogen) atoms. The number of hydrogen-bond acceptors (Lipinski definition) is 4. The number of rotatable bonds is 6. The van der Waals surface area contributed by atoms with E-state index in [1.807, 2.05) is 53.8 Å². The summed E-state index contributed by atoms with van der Waals surface area (Å²) < 4.78 is 34.6. The second-order valence-corrected chi connectivity index (χ2v) is 9.11. The number of benzene rings is 2. The summed E-state index contributed by atoms with van der Waals surface area (Å²) >= 11 is 0. The fraction of sp³-hybridized carbons (Fsp3) is 0.400. The first-order valence-electron chi connectivity index (χ1n) is 11.3. The number of aliphatic carboxylic acids is 1. The molecule has 0 aromatic heterocycles. The maximum absolute atomic E-state index is 14.7. The number of amides is 2. The van der Waals surface area contributed by atoms with Crippen molar-refractivity contribution in [2.75, 3.05) is 19.7 Å². The number of piperidine rings is 1. The molecule has 2 fully saturated rings. The summed E-state index contributed by atoms with van der Waals surface area (Å²) in [7, 11) is 0. The third-order valence-corrected chi connectivity index (χ3v) is 7.22. The minimum absolute atomic E-state index is 0.0395. The third-order valence-electron chi connectivity index (χ3n) is 7.22. The standard InChI is InChI=1S/C25H24F2N2O5/c26-25(27,21(30)29-11-5-6-15-12-24(15,29)22(31)32)14-28-23(33)34-13-20-18-9-3-1-7-16(18)17-8-2-4-10-19(17)20/h1-4,7-10,15,20H,5-6,11-14H2,(H,28,33)(H,31,32). The molecule has 1 saturated carbocycles. The van der Waals surface area contributed by atoms with Crippen molar-refractivity contribution in [3.8, 4) is 11.1 Å². The molecule has 178 valence electrons. The van der Waals surface area contributed by atoms with Crippen LogP contribution in [0.15, 0.2) is 48.5 Å². The SMILES string of the molecule is O=C(NCC(F)(F)C(=O)N1CCCC2CC21C(=O)O)OCC1c2ccccc2-c2ccccc21. The van der Waals surface area contributed by atoms with E-state index in [1.54, 1.807) is 0 Å². The number of alkyl halides is 2. The Hall–Kier alpha value is -3.49. The van der Waals surface area contributed by atoms with E-state index < -0.39 is 36.0 Å². The molecule has 9 heteroatoms. The number of carbonyl (C=O) groups excluding carboxylic acids is 2. The molecule has 5 rings (SSSR count). The summed E-state index contributed by atoms with van der Waals surface area (Å²) in [6, 6.07) is 15.5. The van der Waals surface area contributed by atoms with E-state index in [1.165, 1.54) is 0 Å². The van der Waals surface area contributed by atoms with E-state index in [0.29, 0.717) is 12.8 Å². The number of fused-ring (bicyclic) bond motifs is 4. The highest BCUT2D eigenvalue weighted by atomic mass is 19.3.